The van der Waals surface area contributed by atoms with E-state index in [2.05, 4.69) is 20.9 Å². The number of aliphatic hydroxyl groups excluding tert-OH is 1. The van der Waals surface area contributed by atoms with Crippen molar-refractivity contribution < 1.29 is 19.1 Å². The number of nitrogens with one attached hydrogen (secondary N) is 2. The number of fused-ring (bicyclic) bond motifs is 10. The van der Waals surface area contributed by atoms with Gasteiger partial charge in [-0.05, 0) is 36.6 Å². The number of aryl methyl sites for hydroxylation is 1. The molecule has 2 aliphatic heterocycles. The van der Waals surface area contributed by atoms with Crippen LogP contribution in [0.4, 0.5) is 4.39 Å². The minimum atomic E-state index is -0.442. The highest BCUT2D eigenvalue weighted by atomic mass is 19.1. The Morgan fingerprint density at radius 3 is 2.65 bits per heavy atom. The van der Waals surface area contributed by atoms with Gasteiger partial charge in [0.05, 0.1) is 40.3 Å². The summed E-state index contributed by atoms with van der Waals surface area (Å²) in [5.41, 5.74) is 4.83. The molecule has 31 heavy (non-hydrogen) atoms. The first-order valence-electron chi connectivity index (χ1n) is 10.3. The van der Waals surface area contributed by atoms with Crippen LogP contribution in [0.25, 0.3) is 43.6 Å². The lowest BCUT2D eigenvalue weighted by Crippen LogP contribution is -2.20. The molecule has 0 fully saturated rings. The number of para-hydroxylation sites is 1. The van der Waals surface area contributed by atoms with E-state index in [1.165, 1.54) is 12.1 Å². The molecule has 0 saturated heterocycles. The fraction of sp³-hybridized carbons (Fsp3) is 0.167. The summed E-state index contributed by atoms with van der Waals surface area (Å²) < 4.78 is 16.1. The Kier molecular flexibility index (Phi) is 3.02. The number of aliphatic hydroxyl groups is 1. The fourth-order valence-electron chi connectivity index (χ4n) is 5.67. The molecule has 2 aromatic heterocycles. The van der Waals surface area contributed by atoms with Gasteiger partial charge in [0.15, 0.2) is 0 Å². The molecule has 6 nitrogen and oxygen atoms in total. The van der Waals surface area contributed by atoms with Crippen LogP contribution in [0, 0.1) is 5.82 Å². The average Bonchev–Trinajstić information content (AvgIpc) is 3.39. The van der Waals surface area contributed by atoms with E-state index in [0.29, 0.717) is 38.3 Å². The van der Waals surface area contributed by atoms with Crippen molar-refractivity contribution in [3.63, 3.8) is 0 Å². The Labute approximate surface area is 174 Å². The van der Waals surface area contributed by atoms with Gasteiger partial charge in [-0.3, -0.25) is 14.9 Å². The van der Waals surface area contributed by atoms with E-state index in [1.54, 1.807) is 6.07 Å². The molecule has 0 bridgehead atoms. The van der Waals surface area contributed by atoms with Gasteiger partial charge in [-0.25, -0.2) is 4.39 Å². The highest BCUT2D eigenvalue weighted by Crippen LogP contribution is 2.46. The minimum Gasteiger partial charge on any atom is -0.394 e. The number of carbonyl (C=O) groups is 2. The fourth-order valence-corrected chi connectivity index (χ4v) is 5.67. The molecule has 7 rings (SSSR count). The SMILES string of the molecule is O=C1NC(=O)c2c1c1c3ccc(F)cc3[nH]c1c1c2c2cccc3c2n1C(CO)CC3. The Balaban J connectivity index is 1.86. The number of H-pyrrole nitrogens is 1. The van der Waals surface area contributed by atoms with Crippen molar-refractivity contribution in [2.24, 2.45) is 0 Å². The van der Waals surface area contributed by atoms with Gasteiger partial charge in [-0.1, -0.05) is 18.2 Å². The number of hydrogen-bond acceptors (Lipinski definition) is 3. The smallest absolute Gasteiger partial charge is 0.259 e. The molecular weight excluding hydrogens is 397 g/mol. The van der Waals surface area contributed by atoms with E-state index in [0.717, 1.165) is 34.8 Å². The van der Waals surface area contributed by atoms with Gasteiger partial charge in [-0.15, -0.1) is 0 Å². The van der Waals surface area contributed by atoms with Crippen LogP contribution < -0.4 is 5.32 Å². The quantitative estimate of drug-likeness (QED) is 0.364. The first-order chi connectivity index (χ1) is 15.1. The van der Waals surface area contributed by atoms with E-state index in [4.69, 9.17) is 0 Å². The highest BCUT2D eigenvalue weighted by Gasteiger charge is 2.37. The van der Waals surface area contributed by atoms with Crippen LogP contribution in [-0.4, -0.2) is 33.1 Å². The molecule has 152 valence electrons. The standard InChI is InChI=1S/C24H16FN3O3/c25-11-5-7-13-15(8-11)26-20-16(13)18-19(24(31)27-23(18)30)17-14-3-1-2-10-4-6-12(9-29)28(21(10)14)22(17)20/h1-3,5,7-8,12,26,29H,4,6,9H2,(H,27,30,31). The van der Waals surface area contributed by atoms with Gasteiger partial charge in [0.25, 0.3) is 11.8 Å². The number of amides is 2. The van der Waals surface area contributed by atoms with Crippen molar-refractivity contribution in [1.82, 2.24) is 14.9 Å². The van der Waals surface area contributed by atoms with E-state index < -0.39 is 11.8 Å². The number of imide groups is 1. The predicted molar refractivity (Wildman–Crippen MR) is 115 cm³/mol. The third kappa shape index (κ3) is 1.90. The Morgan fingerprint density at radius 1 is 1.03 bits per heavy atom. The van der Waals surface area contributed by atoms with Crippen molar-refractivity contribution in [2.45, 2.75) is 18.9 Å². The predicted octanol–water partition coefficient (Wildman–Crippen LogP) is 3.93. The van der Waals surface area contributed by atoms with Crippen LogP contribution in [-0.2, 0) is 6.42 Å². The van der Waals surface area contributed by atoms with Crippen LogP contribution >= 0.6 is 0 Å². The number of benzene rings is 3. The maximum absolute atomic E-state index is 14.0. The third-order valence-electron chi connectivity index (χ3n) is 6.86. The Hall–Kier alpha value is -3.71. The summed E-state index contributed by atoms with van der Waals surface area (Å²) in [5.74, 6) is -1.25. The second-order valence-electron chi connectivity index (χ2n) is 8.38. The van der Waals surface area contributed by atoms with Gasteiger partial charge < -0.3 is 14.7 Å². The second kappa shape index (κ2) is 5.50. The molecule has 2 amide bonds. The van der Waals surface area contributed by atoms with Crippen LogP contribution in [0.5, 0.6) is 0 Å². The van der Waals surface area contributed by atoms with Gasteiger partial charge in [0, 0.05) is 27.1 Å². The summed E-state index contributed by atoms with van der Waals surface area (Å²) >= 11 is 0. The van der Waals surface area contributed by atoms with E-state index in [-0.39, 0.29) is 18.5 Å². The number of aromatic nitrogens is 2. The summed E-state index contributed by atoms with van der Waals surface area (Å²) in [4.78, 5) is 29.2. The van der Waals surface area contributed by atoms with Gasteiger partial charge in [0.1, 0.15) is 5.82 Å². The summed E-state index contributed by atoms with van der Waals surface area (Å²) in [6.07, 6.45) is 1.60. The number of carbonyl (C=O) groups excluding carboxylic acids is 2. The summed E-state index contributed by atoms with van der Waals surface area (Å²) in [6.45, 7) is -0.0359. The second-order valence-corrected chi connectivity index (χ2v) is 8.38. The van der Waals surface area contributed by atoms with Crippen molar-refractivity contribution in [2.75, 3.05) is 6.61 Å². The maximum Gasteiger partial charge on any atom is 0.259 e. The zero-order valence-corrected chi connectivity index (χ0v) is 16.3. The molecule has 7 heteroatoms. The van der Waals surface area contributed by atoms with Crippen LogP contribution in [0.2, 0.25) is 0 Å². The largest absolute Gasteiger partial charge is 0.394 e. The van der Waals surface area contributed by atoms with E-state index in [9.17, 15) is 19.1 Å². The molecule has 1 atom stereocenters. The molecule has 1 unspecified atom stereocenters. The van der Waals surface area contributed by atoms with Crippen LogP contribution in [0.1, 0.15) is 38.7 Å². The number of rotatable bonds is 1. The van der Waals surface area contributed by atoms with Crippen molar-refractivity contribution in [1.29, 1.82) is 0 Å². The molecule has 3 N–H and O–H groups in total. The Bertz CT molecular complexity index is 1660. The molecular formula is C24H16FN3O3. The minimum absolute atomic E-state index is 0.0359. The Morgan fingerprint density at radius 2 is 1.84 bits per heavy atom. The number of nitrogens with zero attached hydrogens (tertiary/aromatic N) is 1. The van der Waals surface area contributed by atoms with Crippen LogP contribution in [0.3, 0.4) is 0 Å². The zero-order valence-electron chi connectivity index (χ0n) is 16.3. The number of aromatic amines is 1. The molecule has 3 aromatic carbocycles. The normalized spacial score (nSPS) is 17.9. The summed E-state index contributed by atoms with van der Waals surface area (Å²) in [6, 6.07) is 10.2. The van der Waals surface area contributed by atoms with Crippen molar-refractivity contribution in [3.8, 4) is 0 Å². The molecule has 0 saturated carbocycles. The third-order valence-corrected chi connectivity index (χ3v) is 6.86. The lowest BCUT2D eigenvalue weighted by molar-refractivity contribution is 0.0880. The van der Waals surface area contributed by atoms with E-state index >= 15 is 0 Å². The lowest BCUT2D eigenvalue weighted by Gasteiger charge is -2.25. The monoisotopic (exact) mass is 413 g/mol. The number of hydrogen-bond donors (Lipinski definition) is 3. The molecule has 5 aromatic rings. The molecule has 0 radical (unpaired) electrons. The van der Waals surface area contributed by atoms with E-state index in [1.807, 2.05) is 12.1 Å². The van der Waals surface area contributed by atoms with Crippen molar-refractivity contribution in [3.05, 3.63) is 58.9 Å². The summed E-state index contributed by atoms with van der Waals surface area (Å²) in [7, 11) is 0. The molecule has 0 aliphatic carbocycles. The highest BCUT2D eigenvalue weighted by molar-refractivity contribution is 6.39. The number of halogens is 1. The lowest BCUT2D eigenvalue weighted by atomic mass is 9.96. The molecule has 0 spiro atoms. The molecule has 4 heterocycles. The maximum atomic E-state index is 14.0. The van der Waals surface area contributed by atoms with Gasteiger partial charge in [-0.2, -0.15) is 0 Å². The molecule has 2 aliphatic rings. The first kappa shape index (κ1) is 17.0. The zero-order chi connectivity index (χ0) is 21.0. The van der Waals surface area contributed by atoms with Crippen molar-refractivity contribution >= 4 is 55.4 Å². The van der Waals surface area contributed by atoms with Gasteiger partial charge in [0.2, 0.25) is 0 Å². The van der Waals surface area contributed by atoms with Gasteiger partial charge >= 0.3 is 0 Å². The average molecular weight is 413 g/mol. The first-order valence-corrected chi connectivity index (χ1v) is 10.3. The topological polar surface area (TPSA) is 87.1 Å². The summed E-state index contributed by atoms with van der Waals surface area (Å²) in [5, 5.41) is 15.5. The van der Waals surface area contributed by atoms with Crippen LogP contribution in [0.15, 0.2) is 36.4 Å².